The normalized spacial score (nSPS) is 17.2. The van der Waals surface area contributed by atoms with E-state index in [9.17, 15) is 15.3 Å². The molecule has 0 amide bonds. The SMILES string of the molecule is Cc1cc(C2(CCc3ccc(CO)c(CO)c3)CCCCC2)ccc1/C=C/C(O)C(C)C. The Labute approximate surface area is 193 Å². The van der Waals surface area contributed by atoms with Gasteiger partial charge in [0.2, 0.25) is 0 Å². The molecule has 3 heteroatoms. The predicted molar refractivity (Wildman–Crippen MR) is 132 cm³/mol. The Balaban J connectivity index is 1.82. The van der Waals surface area contributed by atoms with E-state index in [4.69, 9.17) is 0 Å². The first-order valence-corrected chi connectivity index (χ1v) is 12.2. The Hall–Kier alpha value is -1.94. The van der Waals surface area contributed by atoms with Crippen molar-refractivity contribution in [3.8, 4) is 0 Å². The molecule has 0 saturated heterocycles. The lowest BCUT2D eigenvalue weighted by Crippen LogP contribution is -2.30. The van der Waals surface area contributed by atoms with Crippen LogP contribution < -0.4 is 0 Å². The third-order valence-corrected chi connectivity index (χ3v) is 7.35. The second kappa shape index (κ2) is 11.3. The lowest BCUT2D eigenvalue weighted by Gasteiger charge is -2.38. The Morgan fingerprint density at radius 1 is 0.938 bits per heavy atom. The molecular formula is C29H40O3. The van der Waals surface area contributed by atoms with Crippen molar-refractivity contribution in [1.82, 2.24) is 0 Å². The molecule has 2 aromatic rings. The monoisotopic (exact) mass is 436 g/mol. The van der Waals surface area contributed by atoms with Crippen LogP contribution in [-0.2, 0) is 25.0 Å². The standard InChI is InChI=1S/C29H40O3/c1-21(2)28(32)12-10-24-9-11-27(17-22(24)3)29(14-5-4-6-15-29)16-13-23-7-8-25(19-30)26(18-23)20-31/h7-12,17-18,21,28,30-32H,4-6,13-16,19-20H2,1-3H3/b12-10+. The minimum absolute atomic E-state index is 0.0332. The fraction of sp³-hybridized carbons (Fsp3) is 0.517. The minimum atomic E-state index is -0.417. The van der Waals surface area contributed by atoms with E-state index < -0.39 is 6.10 Å². The van der Waals surface area contributed by atoms with Crippen molar-refractivity contribution in [2.24, 2.45) is 5.92 Å². The number of hydrogen-bond donors (Lipinski definition) is 3. The number of aryl methyl sites for hydroxylation is 2. The van der Waals surface area contributed by atoms with Crippen molar-refractivity contribution in [2.45, 2.75) is 90.4 Å². The van der Waals surface area contributed by atoms with Gasteiger partial charge in [0.05, 0.1) is 19.3 Å². The van der Waals surface area contributed by atoms with Crippen LogP contribution in [0.5, 0.6) is 0 Å². The minimum Gasteiger partial charge on any atom is -0.392 e. The van der Waals surface area contributed by atoms with Crippen molar-refractivity contribution >= 4 is 6.08 Å². The second-order valence-corrected chi connectivity index (χ2v) is 9.93. The molecule has 1 aliphatic carbocycles. The van der Waals surface area contributed by atoms with Gasteiger partial charge in [0.25, 0.3) is 0 Å². The highest BCUT2D eigenvalue weighted by molar-refractivity contribution is 5.55. The summed E-state index contributed by atoms with van der Waals surface area (Å²) in [6, 6.07) is 13.0. The molecule has 32 heavy (non-hydrogen) atoms. The molecule has 174 valence electrons. The van der Waals surface area contributed by atoms with Gasteiger partial charge in [0.15, 0.2) is 0 Å². The van der Waals surface area contributed by atoms with Gasteiger partial charge in [0, 0.05) is 0 Å². The lowest BCUT2D eigenvalue weighted by molar-refractivity contribution is 0.173. The number of rotatable bonds is 9. The van der Waals surface area contributed by atoms with E-state index in [0.717, 1.165) is 24.0 Å². The molecule has 1 aliphatic rings. The Morgan fingerprint density at radius 2 is 1.66 bits per heavy atom. The summed E-state index contributed by atoms with van der Waals surface area (Å²) < 4.78 is 0. The molecule has 0 heterocycles. The van der Waals surface area contributed by atoms with Crippen molar-refractivity contribution in [3.63, 3.8) is 0 Å². The molecule has 3 rings (SSSR count). The summed E-state index contributed by atoms with van der Waals surface area (Å²) in [7, 11) is 0. The molecule has 1 atom stereocenters. The van der Waals surface area contributed by atoms with E-state index in [-0.39, 0.29) is 24.5 Å². The van der Waals surface area contributed by atoms with Gasteiger partial charge >= 0.3 is 0 Å². The molecule has 0 radical (unpaired) electrons. The summed E-state index contributed by atoms with van der Waals surface area (Å²) in [6.07, 6.45) is 11.9. The van der Waals surface area contributed by atoms with Crippen molar-refractivity contribution < 1.29 is 15.3 Å². The zero-order valence-electron chi connectivity index (χ0n) is 20.0. The largest absolute Gasteiger partial charge is 0.392 e. The highest BCUT2D eigenvalue weighted by Crippen LogP contribution is 2.43. The van der Waals surface area contributed by atoms with E-state index in [1.807, 2.05) is 26.0 Å². The number of aliphatic hydroxyl groups excluding tert-OH is 3. The van der Waals surface area contributed by atoms with Crippen LogP contribution in [0, 0.1) is 12.8 Å². The average molecular weight is 437 g/mol. The maximum Gasteiger partial charge on any atom is 0.0747 e. The van der Waals surface area contributed by atoms with E-state index in [2.05, 4.69) is 43.3 Å². The quantitative estimate of drug-likeness (QED) is 0.462. The molecule has 1 fully saturated rings. The van der Waals surface area contributed by atoms with Crippen LogP contribution in [0.25, 0.3) is 6.08 Å². The molecule has 3 N–H and O–H groups in total. The molecule has 1 unspecified atom stereocenters. The topological polar surface area (TPSA) is 60.7 Å². The van der Waals surface area contributed by atoms with Gasteiger partial charge < -0.3 is 15.3 Å². The number of aliphatic hydroxyl groups is 3. The van der Waals surface area contributed by atoms with Gasteiger partial charge in [-0.25, -0.2) is 0 Å². The lowest BCUT2D eigenvalue weighted by atomic mass is 9.66. The summed E-state index contributed by atoms with van der Waals surface area (Å²) in [6.45, 7) is 6.16. The van der Waals surface area contributed by atoms with Gasteiger partial charge in [-0.2, -0.15) is 0 Å². The zero-order chi connectivity index (χ0) is 23.1. The van der Waals surface area contributed by atoms with Crippen LogP contribution in [0.2, 0.25) is 0 Å². The van der Waals surface area contributed by atoms with E-state index in [0.29, 0.717) is 0 Å². The van der Waals surface area contributed by atoms with Crippen molar-refractivity contribution in [2.75, 3.05) is 0 Å². The fourth-order valence-electron chi connectivity index (χ4n) is 5.05. The Morgan fingerprint density at radius 3 is 2.28 bits per heavy atom. The highest BCUT2D eigenvalue weighted by atomic mass is 16.3. The molecule has 0 bridgehead atoms. The first-order chi connectivity index (χ1) is 15.4. The van der Waals surface area contributed by atoms with Gasteiger partial charge in [-0.3, -0.25) is 0 Å². The van der Waals surface area contributed by atoms with Crippen LogP contribution in [0.3, 0.4) is 0 Å². The second-order valence-electron chi connectivity index (χ2n) is 9.93. The molecule has 2 aromatic carbocycles. The zero-order valence-corrected chi connectivity index (χ0v) is 20.0. The summed E-state index contributed by atoms with van der Waals surface area (Å²) in [4.78, 5) is 0. The van der Waals surface area contributed by atoms with Gasteiger partial charge in [-0.1, -0.05) is 81.7 Å². The third-order valence-electron chi connectivity index (χ3n) is 7.35. The first-order valence-electron chi connectivity index (χ1n) is 12.2. The van der Waals surface area contributed by atoms with Crippen LogP contribution in [-0.4, -0.2) is 21.4 Å². The highest BCUT2D eigenvalue weighted by Gasteiger charge is 2.33. The molecule has 0 spiro atoms. The van der Waals surface area contributed by atoms with Gasteiger partial charge in [-0.15, -0.1) is 0 Å². The van der Waals surface area contributed by atoms with E-state index in [1.54, 1.807) is 0 Å². The smallest absolute Gasteiger partial charge is 0.0747 e. The predicted octanol–water partition coefficient (Wildman–Crippen LogP) is 5.84. The summed E-state index contributed by atoms with van der Waals surface area (Å²) in [5.41, 5.74) is 6.93. The maximum absolute atomic E-state index is 10.1. The molecular weight excluding hydrogens is 396 g/mol. The molecule has 0 aromatic heterocycles. The van der Waals surface area contributed by atoms with Gasteiger partial charge in [0.1, 0.15) is 0 Å². The van der Waals surface area contributed by atoms with Gasteiger partial charge in [-0.05, 0) is 77.3 Å². The van der Waals surface area contributed by atoms with E-state index >= 15 is 0 Å². The average Bonchev–Trinajstić information content (AvgIpc) is 2.82. The van der Waals surface area contributed by atoms with E-state index in [1.165, 1.54) is 54.4 Å². The Kier molecular flexibility index (Phi) is 8.70. The fourth-order valence-corrected chi connectivity index (χ4v) is 5.05. The third kappa shape index (κ3) is 5.89. The molecule has 1 saturated carbocycles. The number of hydrogen-bond acceptors (Lipinski definition) is 3. The summed E-state index contributed by atoms with van der Waals surface area (Å²) in [5.74, 6) is 0.217. The maximum atomic E-state index is 10.1. The number of benzene rings is 2. The van der Waals surface area contributed by atoms with Crippen LogP contribution in [0.4, 0.5) is 0 Å². The van der Waals surface area contributed by atoms with Crippen LogP contribution >= 0.6 is 0 Å². The van der Waals surface area contributed by atoms with Crippen molar-refractivity contribution in [1.29, 1.82) is 0 Å². The summed E-state index contributed by atoms with van der Waals surface area (Å²) in [5, 5.41) is 29.2. The van der Waals surface area contributed by atoms with Crippen LogP contribution in [0.15, 0.2) is 42.5 Å². The Bertz CT molecular complexity index is 907. The summed E-state index contributed by atoms with van der Waals surface area (Å²) >= 11 is 0. The van der Waals surface area contributed by atoms with Crippen LogP contribution in [0.1, 0.15) is 85.8 Å². The molecule has 3 nitrogen and oxygen atoms in total. The molecule has 0 aliphatic heterocycles. The van der Waals surface area contributed by atoms with Crippen molar-refractivity contribution in [3.05, 3.63) is 75.9 Å². The first kappa shape index (κ1) is 24.7.